The van der Waals surface area contributed by atoms with E-state index in [0.29, 0.717) is 32.4 Å². The van der Waals surface area contributed by atoms with Crippen LogP contribution in [0.5, 0.6) is 0 Å². The van der Waals surface area contributed by atoms with Crippen molar-refractivity contribution in [1.29, 1.82) is 0 Å². The van der Waals surface area contributed by atoms with E-state index in [2.05, 4.69) is 15.9 Å². The zero-order valence-electron chi connectivity index (χ0n) is 12.1. The van der Waals surface area contributed by atoms with Crippen LogP contribution in [0, 0.1) is 5.41 Å². The van der Waals surface area contributed by atoms with Gasteiger partial charge in [0.25, 0.3) is 0 Å². The minimum Gasteiger partial charge on any atom is -0.481 e. The van der Waals surface area contributed by atoms with Crippen LogP contribution in [0.25, 0.3) is 0 Å². The lowest BCUT2D eigenvalue weighted by Crippen LogP contribution is -2.37. The monoisotopic (exact) mass is 353 g/mol. The maximum absolute atomic E-state index is 12.4. The molecule has 1 aromatic carbocycles. The summed E-state index contributed by atoms with van der Waals surface area (Å²) in [6, 6.07) is 7.65. The molecular weight excluding hydrogens is 334 g/mol. The molecule has 114 valence electrons. The van der Waals surface area contributed by atoms with Crippen LogP contribution in [-0.4, -0.2) is 35.0 Å². The molecule has 21 heavy (non-hydrogen) atoms. The molecule has 2 rings (SSSR count). The van der Waals surface area contributed by atoms with Crippen LogP contribution in [-0.2, 0) is 16.0 Å². The number of amides is 1. The van der Waals surface area contributed by atoms with E-state index >= 15 is 0 Å². The van der Waals surface area contributed by atoms with E-state index in [1.54, 1.807) is 4.90 Å². The summed E-state index contributed by atoms with van der Waals surface area (Å²) in [7, 11) is 0. The molecule has 0 radical (unpaired) electrons. The Morgan fingerprint density at radius 3 is 2.81 bits per heavy atom. The molecule has 1 aliphatic rings. The van der Waals surface area contributed by atoms with Crippen molar-refractivity contribution in [3.8, 4) is 0 Å². The van der Waals surface area contributed by atoms with E-state index in [-0.39, 0.29) is 5.91 Å². The minimum absolute atomic E-state index is 0.00679. The Bertz CT molecular complexity index is 546. The SMILES string of the molecule is CCCC1(C(=O)O)CCN(C(=O)Cc2cccc(Br)c2)C1. The predicted octanol–water partition coefficient (Wildman–Crippen LogP) is 3.10. The molecule has 1 saturated heterocycles. The first-order valence-electron chi connectivity index (χ1n) is 7.22. The quantitative estimate of drug-likeness (QED) is 0.884. The second kappa shape index (κ2) is 6.60. The molecule has 0 aliphatic carbocycles. The lowest BCUT2D eigenvalue weighted by atomic mass is 9.83. The zero-order valence-corrected chi connectivity index (χ0v) is 13.7. The Morgan fingerprint density at radius 2 is 2.19 bits per heavy atom. The van der Waals surface area contributed by atoms with Crippen molar-refractivity contribution in [2.45, 2.75) is 32.6 Å². The van der Waals surface area contributed by atoms with Gasteiger partial charge in [0.2, 0.25) is 5.91 Å². The summed E-state index contributed by atoms with van der Waals surface area (Å²) in [6.45, 7) is 2.86. The van der Waals surface area contributed by atoms with Gasteiger partial charge in [-0.15, -0.1) is 0 Å². The smallest absolute Gasteiger partial charge is 0.311 e. The first-order valence-corrected chi connectivity index (χ1v) is 8.02. The summed E-state index contributed by atoms with van der Waals surface area (Å²) in [6.07, 6.45) is 2.32. The highest BCUT2D eigenvalue weighted by Gasteiger charge is 2.45. The first-order chi connectivity index (χ1) is 9.97. The van der Waals surface area contributed by atoms with Gasteiger partial charge in [0.1, 0.15) is 0 Å². The fourth-order valence-electron chi connectivity index (χ4n) is 2.98. The number of carbonyl (C=O) groups is 2. The minimum atomic E-state index is -0.776. The third-order valence-electron chi connectivity index (χ3n) is 4.13. The highest BCUT2D eigenvalue weighted by molar-refractivity contribution is 9.10. The molecule has 0 bridgehead atoms. The second-order valence-corrected chi connectivity index (χ2v) is 6.62. The summed E-state index contributed by atoms with van der Waals surface area (Å²) < 4.78 is 0.945. The Balaban J connectivity index is 2.03. The van der Waals surface area contributed by atoms with E-state index in [0.717, 1.165) is 16.5 Å². The molecule has 5 heteroatoms. The highest BCUT2D eigenvalue weighted by atomic mass is 79.9. The van der Waals surface area contributed by atoms with Crippen molar-refractivity contribution >= 4 is 27.8 Å². The van der Waals surface area contributed by atoms with E-state index in [4.69, 9.17) is 0 Å². The third kappa shape index (κ3) is 3.64. The molecule has 0 aromatic heterocycles. The largest absolute Gasteiger partial charge is 0.481 e. The fraction of sp³-hybridized carbons (Fsp3) is 0.500. The number of carbonyl (C=O) groups excluding carboxylic acids is 1. The van der Waals surface area contributed by atoms with Gasteiger partial charge >= 0.3 is 5.97 Å². The van der Waals surface area contributed by atoms with Gasteiger partial charge in [-0.1, -0.05) is 41.4 Å². The molecule has 1 fully saturated rings. The van der Waals surface area contributed by atoms with Crippen LogP contribution >= 0.6 is 15.9 Å². The van der Waals surface area contributed by atoms with Crippen molar-refractivity contribution in [3.63, 3.8) is 0 Å². The summed E-state index contributed by atoms with van der Waals surface area (Å²) in [4.78, 5) is 25.6. The van der Waals surface area contributed by atoms with Gasteiger partial charge in [-0.3, -0.25) is 9.59 Å². The van der Waals surface area contributed by atoms with E-state index < -0.39 is 11.4 Å². The number of likely N-dealkylation sites (tertiary alicyclic amines) is 1. The van der Waals surface area contributed by atoms with Crippen LogP contribution in [0.1, 0.15) is 31.7 Å². The number of carboxylic acid groups (broad SMARTS) is 1. The maximum Gasteiger partial charge on any atom is 0.311 e. The van der Waals surface area contributed by atoms with E-state index in [1.165, 1.54) is 0 Å². The van der Waals surface area contributed by atoms with Gasteiger partial charge in [0, 0.05) is 17.6 Å². The number of aliphatic carboxylic acids is 1. The van der Waals surface area contributed by atoms with Gasteiger partial charge in [-0.05, 0) is 30.5 Å². The maximum atomic E-state index is 12.4. The molecule has 1 unspecified atom stereocenters. The number of hydrogen-bond acceptors (Lipinski definition) is 2. The van der Waals surface area contributed by atoms with Crippen molar-refractivity contribution < 1.29 is 14.7 Å². The van der Waals surface area contributed by atoms with Crippen molar-refractivity contribution in [2.75, 3.05) is 13.1 Å². The lowest BCUT2D eigenvalue weighted by molar-refractivity contribution is -0.149. The molecule has 1 amide bonds. The Labute approximate surface area is 133 Å². The van der Waals surface area contributed by atoms with Gasteiger partial charge in [-0.2, -0.15) is 0 Å². The van der Waals surface area contributed by atoms with Crippen LogP contribution < -0.4 is 0 Å². The standard InChI is InChI=1S/C16H20BrNO3/c1-2-6-16(15(20)21)7-8-18(11-16)14(19)10-12-4-3-5-13(17)9-12/h3-5,9H,2,6-8,10-11H2,1H3,(H,20,21). The van der Waals surface area contributed by atoms with Crippen LogP contribution in [0.3, 0.4) is 0 Å². The molecule has 0 spiro atoms. The van der Waals surface area contributed by atoms with Crippen LogP contribution in [0.2, 0.25) is 0 Å². The molecule has 4 nitrogen and oxygen atoms in total. The van der Waals surface area contributed by atoms with Gasteiger partial charge < -0.3 is 10.0 Å². The molecule has 1 heterocycles. The zero-order chi connectivity index (χ0) is 15.5. The summed E-state index contributed by atoms with van der Waals surface area (Å²) >= 11 is 3.39. The number of nitrogens with zero attached hydrogens (tertiary/aromatic N) is 1. The normalized spacial score (nSPS) is 21.5. The Kier molecular flexibility index (Phi) is 5.04. The molecule has 0 saturated carbocycles. The number of rotatable bonds is 5. The van der Waals surface area contributed by atoms with Gasteiger partial charge in [0.15, 0.2) is 0 Å². The summed E-state index contributed by atoms with van der Waals surface area (Å²) in [5.74, 6) is -0.769. The lowest BCUT2D eigenvalue weighted by Gasteiger charge is -2.24. The van der Waals surface area contributed by atoms with E-state index in [1.807, 2.05) is 31.2 Å². The highest BCUT2D eigenvalue weighted by Crippen LogP contribution is 2.35. The van der Waals surface area contributed by atoms with Crippen LogP contribution in [0.4, 0.5) is 0 Å². The number of benzene rings is 1. The Hall–Kier alpha value is -1.36. The van der Waals surface area contributed by atoms with Gasteiger partial charge in [-0.25, -0.2) is 0 Å². The second-order valence-electron chi connectivity index (χ2n) is 5.71. The Morgan fingerprint density at radius 1 is 1.43 bits per heavy atom. The van der Waals surface area contributed by atoms with Crippen LogP contribution in [0.15, 0.2) is 28.7 Å². The van der Waals surface area contributed by atoms with Crippen molar-refractivity contribution in [2.24, 2.45) is 5.41 Å². The summed E-state index contributed by atoms with van der Waals surface area (Å²) in [5.41, 5.74) is 0.194. The van der Waals surface area contributed by atoms with Gasteiger partial charge in [0.05, 0.1) is 11.8 Å². The number of carboxylic acids is 1. The molecule has 1 N–H and O–H groups in total. The first kappa shape index (κ1) is 16.0. The van der Waals surface area contributed by atoms with Crippen molar-refractivity contribution in [3.05, 3.63) is 34.3 Å². The average Bonchev–Trinajstić information content (AvgIpc) is 2.85. The average molecular weight is 354 g/mol. The topological polar surface area (TPSA) is 57.6 Å². The predicted molar refractivity (Wildman–Crippen MR) is 84.0 cm³/mol. The molecule has 1 aromatic rings. The fourth-order valence-corrected chi connectivity index (χ4v) is 3.43. The molecule has 1 aliphatic heterocycles. The molecular formula is C16H20BrNO3. The number of halogens is 1. The van der Waals surface area contributed by atoms with Crippen molar-refractivity contribution in [1.82, 2.24) is 4.90 Å². The third-order valence-corrected chi connectivity index (χ3v) is 4.63. The summed E-state index contributed by atoms with van der Waals surface area (Å²) in [5, 5.41) is 9.48. The number of hydrogen-bond donors (Lipinski definition) is 1. The van der Waals surface area contributed by atoms with E-state index in [9.17, 15) is 14.7 Å². The molecule has 1 atom stereocenters.